The number of aliphatic carboxylic acids is 1. The molecule has 0 heterocycles. The van der Waals surface area contributed by atoms with Crippen molar-refractivity contribution in [3.05, 3.63) is 0 Å². The molecule has 0 aliphatic heterocycles. The van der Waals surface area contributed by atoms with Crippen LogP contribution in [0, 0.1) is 5.92 Å². The molecule has 0 fully saturated rings. The third-order valence-electron chi connectivity index (χ3n) is 3.56. The second-order valence-corrected chi connectivity index (χ2v) is 6.81. The first kappa shape index (κ1) is 25.8. The van der Waals surface area contributed by atoms with E-state index in [4.69, 9.17) is 22.3 Å². The van der Waals surface area contributed by atoms with Crippen LogP contribution >= 0.6 is 0 Å². The second-order valence-electron chi connectivity index (χ2n) is 6.81. The molecule has 0 aromatic rings. The standard InChI is InChI=1S/C16H28N6O7/c1-7(2)3-10(16(28)29)21-13(25)6-20-15(27)9(5-12(19)24)22-14(26)8(17)4-11(18)23/h7-10H,3-6,17H2,1-2H3,(H2,18,23)(H2,19,24)(H,20,27)(H,21,25)(H,22,26)(H,28,29). The van der Waals surface area contributed by atoms with Gasteiger partial charge in [0.05, 0.1) is 25.4 Å². The molecule has 3 atom stereocenters. The highest BCUT2D eigenvalue weighted by molar-refractivity contribution is 5.95. The van der Waals surface area contributed by atoms with Gasteiger partial charge in [-0.3, -0.25) is 24.0 Å². The number of nitrogens with two attached hydrogens (primary N) is 3. The Hall–Kier alpha value is -3.22. The van der Waals surface area contributed by atoms with Crippen LogP contribution in [0.1, 0.15) is 33.1 Å². The molecule has 13 heteroatoms. The Morgan fingerprint density at radius 1 is 0.862 bits per heavy atom. The number of carboxylic acids is 1. The number of carbonyl (C=O) groups is 6. The van der Waals surface area contributed by atoms with Gasteiger partial charge in [-0.2, -0.15) is 0 Å². The fourth-order valence-electron chi connectivity index (χ4n) is 2.23. The lowest BCUT2D eigenvalue weighted by molar-refractivity contribution is -0.142. The second kappa shape index (κ2) is 12.3. The Morgan fingerprint density at radius 2 is 1.41 bits per heavy atom. The van der Waals surface area contributed by atoms with Crippen molar-refractivity contribution in [2.45, 2.75) is 51.2 Å². The molecule has 0 aliphatic carbocycles. The fraction of sp³-hybridized carbons (Fsp3) is 0.625. The van der Waals surface area contributed by atoms with Gasteiger partial charge < -0.3 is 38.3 Å². The predicted molar refractivity (Wildman–Crippen MR) is 99.6 cm³/mol. The number of hydrogen-bond acceptors (Lipinski definition) is 7. The summed E-state index contributed by atoms with van der Waals surface area (Å²) in [6, 6.07) is -3.92. The molecule has 164 valence electrons. The van der Waals surface area contributed by atoms with Gasteiger partial charge in [0.25, 0.3) is 0 Å². The van der Waals surface area contributed by atoms with Gasteiger partial charge in [0.15, 0.2) is 0 Å². The van der Waals surface area contributed by atoms with E-state index in [0.29, 0.717) is 0 Å². The van der Waals surface area contributed by atoms with E-state index < -0.39 is 73.0 Å². The first-order valence-corrected chi connectivity index (χ1v) is 8.75. The molecule has 0 radical (unpaired) electrons. The number of carboxylic acid groups (broad SMARTS) is 1. The lowest BCUT2D eigenvalue weighted by Gasteiger charge is -2.20. The van der Waals surface area contributed by atoms with Gasteiger partial charge >= 0.3 is 5.97 Å². The highest BCUT2D eigenvalue weighted by Gasteiger charge is 2.27. The minimum Gasteiger partial charge on any atom is -0.480 e. The Morgan fingerprint density at radius 3 is 1.86 bits per heavy atom. The molecule has 0 aliphatic rings. The van der Waals surface area contributed by atoms with Gasteiger partial charge in [-0.1, -0.05) is 13.8 Å². The number of rotatable bonds is 13. The summed E-state index contributed by atoms with van der Waals surface area (Å²) in [7, 11) is 0. The van der Waals surface area contributed by atoms with Crippen LogP contribution in [-0.4, -0.2) is 65.3 Å². The smallest absolute Gasteiger partial charge is 0.326 e. The van der Waals surface area contributed by atoms with Crippen LogP contribution in [0.25, 0.3) is 0 Å². The maximum absolute atomic E-state index is 12.2. The van der Waals surface area contributed by atoms with Crippen molar-refractivity contribution in [2.24, 2.45) is 23.1 Å². The highest BCUT2D eigenvalue weighted by atomic mass is 16.4. The molecule has 0 saturated heterocycles. The van der Waals surface area contributed by atoms with E-state index in [9.17, 15) is 28.8 Å². The van der Waals surface area contributed by atoms with Gasteiger partial charge in [-0.25, -0.2) is 4.79 Å². The average molecular weight is 416 g/mol. The van der Waals surface area contributed by atoms with Crippen molar-refractivity contribution >= 4 is 35.5 Å². The zero-order chi connectivity index (χ0) is 22.7. The summed E-state index contributed by atoms with van der Waals surface area (Å²) in [5.74, 6) is -5.59. The molecule has 3 unspecified atom stereocenters. The van der Waals surface area contributed by atoms with E-state index in [0.717, 1.165) is 0 Å². The Bertz CT molecular complexity index is 652. The molecule has 0 rings (SSSR count). The third kappa shape index (κ3) is 11.3. The summed E-state index contributed by atoms with van der Waals surface area (Å²) in [6.07, 6.45) is -0.883. The van der Waals surface area contributed by atoms with E-state index >= 15 is 0 Å². The topological polar surface area (TPSA) is 237 Å². The predicted octanol–water partition coefficient (Wildman–Crippen LogP) is -3.72. The summed E-state index contributed by atoms with van der Waals surface area (Å²) in [4.78, 5) is 69.1. The summed E-state index contributed by atoms with van der Waals surface area (Å²) < 4.78 is 0. The van der Waals surface area contributed by atoms with Gasteiger partial charge in [-0.05, 0) is 12.3 Å². The maximum atomic E-state index is 12.2. The maximum Gasteiger partial charge on any atom is 0.326 e. The van der Waals surface area contributed by atoms with Crippen molar-refractivity contribution in [1.82, 2.24) is 16.0 Å². The Kier molecular flexibility index (Phi) is 10.9. The zero-order valence-electron chi connectivity index (χ0n) is 16.3. The van der Waals surface area contributed by atoms with Crippen LogP contribution in [0.4, 0.5) is 0 Å². The molecule has 0 spiro atoms. The zero-order valence-corrected chi connectivity index (χ0v) is 16.3. The largest absolute Gasteiger partial charge is 0.480 e. The monoisotopic (exact) mass is 416 g/mol. The first-order chi connectivity index (χ1) is 13.3. The van der Waals surface area contributed by atoms with Crippen LogP contribution in [0.2, 0.25) is 0 Å². The molecule has 13 nitrogen and oxygen atoms in total. The number of nitrogens with one attached hydrogen (secondary N) is 3. The van der Waals surface area contributed by atoms with Crippen LogP contribution in [-0.2, 0) is 28.8 Å². The minimum atomic E-state index is -1.45. The van der Waals surface area contributed by atoms with Crippen LogP contribution in [0.5, 0.6) is 0 Å². The molecule has 29 heavy (non-hydrogen) atoms. The van der Waals surface area contributed by atoms with Gasteiger partial charge in [0.2, 0.25) is 29.5 Å². The van der Waals surface area contributed by atoms with Crippen LogP contribution in [0.3, 0.4) is 0 Å². The average Bonchev–Trinajstić information content (AvgIpc) is 2.56. The summed E-state index contributed by atoms with van der Waals surface area (Å²) in [5, 5.41) is 15.7. The molecular weight excluding hydrogens is 388 g/mol. The molecular formula is C16H28N6O7. The van der Waals surface area contributed by atoms with Gasteiger partial charge in [0.1, 0.15) is 12.1 Å². The van der Waals surface area contributed by atoms with Crippen LogP contribution in [0.15, 0.2) is 0 Å². The number of carbonyl (C=O) groups excluding carboxylic acids is 5. The number of primary amides is 2. The minimum absolute atomic E-state index is 0.00533. The number of hydrogen-bond donors (Lipinski definition) is 7. The summed E-state index contributed by atoms with van der Waals surface area (Å²) >= 11 is 0. The Labute approximate surface area is 167 Å². The van der Waals surface area contributed by atoms with Crippen molar-refractivity contribution in [1.29, 1.82) is 0 Å². The Balaban J connectivity index is 4.87. The lowest BCUT2D eigenvalue weighted by Crippen LogP contribution is -2.55. The third-order valence-corrected chi connectivity index (χ3v) is 3.56. The van der Waals surface area contributed by atoms with Crippen molar-refractivity contribution < 1.29 is 33.9 Å². The van der Waals surface area contributed by atoms with Crippen molar-refractivity contribution in [3.8, 4) is 0 Å². The van der Waals surface area contributed by atoms with Crippen molar-refractivity contribution in [3.63, 3.8) is 0 Å². The number of amides is 5. The summed E-state index contributed by atoms with van der Waals surface area (Å²) in [5.41, 5.74) is 15.4. The van der Waals surface area contributed by atoms with Gasteiger partial charge in [-0.15, -0.1) is 0 Å². The highest BCUT2D eigenvalue weighted by Crippen LogP contribution is 2.04. The molecule has 0 aromatic carbocycles. The van der Waals surface area contributed by atoms with E-state index in [-0.39, 0.29) is 12.3 Å². The van der Waals surface area contributed by atoms with E-state index in [1.807, 2.05) is 0 Å². The van der Waals surface area contributed by atoms with Crippen molar-refractivity contribution in [2.75, 3.05) is 6.54 Å². The fourth-order valence-corrected chi connectivity index (χ4v) is 2.23. The molecule has 0 bridgehead atoms. The van der Waals surface area contributed by atoms with Gasteiger partial charge in [0, 0.05) is 0 Å². The molecule has 5 amide bonds. The van der Waals surface area contributed by atoms with Crippen LogP contribution < -0.4 is 33.2 Å². The SMILES string of the molecule is CC(C)CC(NC(=O)CNC(=O)C(CC(N)=O)NC(=O)C(N)CC(N)=O)C(=O)O. The first-order valence-electron chi connectivity index (χ1n) is 8.75. The van der Waals surface area contributed by atoms with E-state index in [1.54, 1.807) is 13.8 Å². The normalized spacial score (nSPS) is 13.7. The van der Waals surface area contributed by atoms with E-state index in [1.165, 1.54) is 0 Å². The van der Waals surface area contributed by atoms with E-state index in [2.05, 4.69) is 16.0 Å². The summed E-state index contributed by atoms with van der Waals surface area (Å²) in [6.45, 7) is 2.97. The molecule has 0 aromatic heterocycles. The molecule has 10 N–H and O–H groups in total. The molecule has 0 saturated carbocycles. The quantitative estimate of drug-likeness (QED) is 0.157. The lowest BCUT2D eigenvalue weighted by atomic mass is 10.0.